The second kappa shape index (κ2) is 6.56. The average Bonchev–Trinajstić information content (AvgIpc) is 2.53. The van der Waals surface area contributed by atoms with Gasteiger partial charge >= 0.3 is 0 Å². The summed E-state index contributed by atoms with van der Waals surface area (Å²) in [6.45, 7) is 0.423. The first-order valence-corrected chi connectivity index (χ1v) is 6.18. The Morgan fingerprint density at radius 2 is 2.05 bits per heavy atom. The van der Waals surface area contributed by atoms with Crippen molar-refractivity contribution >= 4 is 11.4 Å². The zero-order valence-corrected chi connectivity index (χ0v) is 11.7. The van der Waals surface area contributed by atoms with Crippen LogP contribution < -0.4 is 14.8 Å². The number of anilines is 1. The van der Waals surface area contributed by atoms with E-state index in [1.807, 2.05) is 6.07 Å². The van der Waals surface area contributed by atoms with Crippen LogP contribution in [0.4, 0.5) is 11.4 Å². The highest BCUT2D eigenvalue weighted by Gasteiger charge is 2.10. The first-order chi connectivity index (χ1) is 10.1. The van der Waals surface area contributed by atoms with Crippen LogP contribution in [0.25, 0.3) is 0 Å². The SMILES string of the molecule is COc1cc(CNc2ccc(OC)nc2)cc([N+](=O)[O-])c1. The number of aromatic nitrogens is 1. The van der Waals surface area contributed by atoms with E-state index < -0.39 is 4.92 Å². The molecule has 2 aromatic rings. The van der Waals surface area contributed by atoms with Gasteiger partial charge < -0.3 is 14.8 Å². The first kappa shape index (κ1) is 14.6. The number of pyridine rings is 1. The van der Waals surface area contributed by atoms with Gasteiger partial charge in [-0.1, -0.05) is 0 Å². The number of nitrogens with one attached hydrogen (secondary N) is 1. The van der Waals surface area contributed by atoms with Crippen LogP contribution in [-0.4, -0.2) is 24.1 Å². The highest BCUT2D eigenvalue weighted by Crippen LogP contribution is 2.23. The molecule has 1 aromatic heterocycles. The average molecular weight is 289 g/mol. The molecule has 0 fully saturated rings. The molecule has 0 saturated carbocycles. The summed E-state index contributed by atoms with van der Waals surface area (Å²) in [6.07, 6.45) is 1.63. The third-order valence-electron chi connectivity index (χ3n) is 2.84. The van der Waals surface area contributed by atoms with Crippen LogP contribution in [0.2, 0.25) is 0 Å². The standard InChI is InChI=1S/C14H15N3O4/c1-20-13-6-10(5-12(7-13)17(18)19)8-15-11-3-4-14(21-2)16-9-11/h3-7,9,15H,8H2,1-2H3. The Hall–Kier alpha value is -2.83. The van der Waals surface area contributed by atoms with Crippen molar-refractivity contribution < 1.29 is 14.4 Å². The number of non-ortho nitro benzene ring substituents is 1. The summed E-state index contributed by atoms with van der Waals surface area (Å²) in [5, 5.41) is 14.0. The van der Waals surface area contributed by atoms with Crippen molar-refractivity contribution in [3.63, 3.8) is 0 Å². The van der Waals surface area contributed by atoms with Crippen molar-refractivity contribution in [3.05, 3.63) is 52.2 Å². The Morgan fingerprint density at radius 3 is 2.62 bits per heavy atom. The fraction of sp³-hybridized carbons (Fsp3) is 0.214. The van der Waals surface area contributed by atoms with Crippen LogP contribution in [0.1, 0.15) is 5.56 Å². The maximum absolute atomic E-state index is 10.9. The molecule has 0 radical (unpaired) electrons. The van der Waals surface area contributed by atoms with Crippen molar-refractivity contribution in [1.29, 1.82) is 0 Å². The Balaban J connectivity index is 2.11. The molecular weight excluding hydrogens is 274 g/mol. The number of rotatable bonds is 6. The van der Waals surface area contributed by atoms with Gasteiger partial charge in [-0.2, -0.15) is 0 Å². The molecule has 0 aliphatic rings. The first-order valence-electron chi connectivity index (χ1n) is 6.18. The quantitative estimate of drug-likeness (QED) is 0.649. The summed E-state index contributed by atoms with van der Waals surface area (Å²) in [4.78, 5) is 14.5. The molecule has 7 heteroatoms. The van der Waals surface area contributed by atoms with Gasteiger partial charge in [0.2, 0.25) is 5.88 Å². The van der Waals surface area contributed by atoms with Gasteiger partial charge in [-0.15, -0.1) is 0 Å². The van der Waals surface area contributed by atoms with Gasteiger partial charge in [0.1, 0.15) is 5.75 Å². The van der Waals surface area contributed by atoms with Gasteiger partial charge in [0.25, 0.3) is 5.69 Å². The van der Waals surface area contributed by atoms with E-state index in [0.717, 1.165) is 11.3 Å². The second-order valence-electron chi connectivity index (χ2n) is 4.24. The van der Waals surface area contributed by atoms with E-state index in [1.54, 1.807) is 25.4 Å². The topological polar surface area (TPSA) is 86.5 Å². The summed E-state index contributed by atoms with van der Waals surface area (Å²) in [7, 11) is 3.02. The lowest BCUT2D eigenvalue weighted by atomic mass is 10.2. The highest BCUT2D eigenvalue weighted by atomic mass is 16.6. The third-order valence-corrected chi connectivity index (χ3v) is 2.84. The fourth-order valence-electron chi connectivity index (χ4n) is 1.78. The van der Waals surface area contributed by atoms with Gasteiger partial charge in [-0.3, -0.25) is 10.1 Å². The lowest BCUT2D eigenvalue weighted by molar-refractivity contribution is -0.385. The number of benzene rings is 1. The summed E-state index contributed by atoms with van der Waals surface area (Å²) in [6, 6.07) is 8.19. The minimum Gasteiger partial charge on any atom is -0.496 e. The monoisotopic (exact) mass is 289 g/mol. The van der Waals surface area contributed by atoms with E-state index in [4.69, 9.17) is 9.47 Å². The van der Waals surface area contributed by atoms with Crippen LogP contribution in [0.5, 0.6) is 11.6 Å². The molecule has 0 atom stereocenters. The summed E-state index contributed by atoms with van der Waals surface area (Å²) in [5.41, 5.74) is 1.54. The Kier molecular flexibility index (Phi) is 4.55. The number of nitrogens with zero attached hydrogens (tertiary/aromatic N) is 2. The molecule has 21 heavy (non-hydrogen) atoms. The predicted octanol–water partition coefficient (Wildman–Crippen LogP) is 2.62. The zero-order valence-electron chi connectivity index (χ0n) is 11.7. The second-order valence-corrected chi connectivity index (χ2v) is 4.24. The molecule has 0 saturated heterocycles. The van der Waals surface area contributed by atoms with Crippen LogP contribution in [0.15, 0.2) is 36.5 Å². The summed E-state index contributed by atoms with van der Waals surface area (Å²) < 4.78 is 10.0. The summed E-state index contributed by atoms with van der Waals surface area (Å²) in [5.74, 6) is 0.978. The molecule has 110 valence electrons. The lowest BCUT2D eigenvalue weighted by Crippen LogP contribution is -2.01. The molecule has 0 bridgehead atoms. The van der Waals surface area contributed by atoms with E-state index in [1.165, 1.54) is 19.2 Å². The molecule has 1 heterocycles. The predicted molar refractivity (Wildman–Crippen MR) is 77.8 cm³/mol. The van der Waals surface area contributed by atoms with E-state index in [9.17, 15) is 10.1 Å². The normalized spacial score (nSPS) is 10.0. The number of nitro benzene ring substituents is 1. The third kappa shape index (κ3) is 3.82. The van der Waals surface area contributed by atoms with Gasteiger partial charge in [0.05, 0.1) is 37.1 Å². The smallest absolute Gasteiger partial charge is 0.273 e. The highest BCUT2D eigenvalue weighted by molar-refractivity contribution is 5.46. The van der Waals surface area contributed by atoms with Crippen molar-refractivity contribution in [2.24, 2.45) is 0 Å². The van der Waals surface area contributed by atoms with Crippen LogP contribution in [0, 0.1) is 10.1 Å². The number of methoxy groups -OCH3 is 2. The van der Waals surface area contributed by atoms with Crippen molar-refractivity contribution in [1.82, 2.24) is 4.98 Å². The molecule has 1 aromatic carbocycles. The molecular formula is C14H15N3O4. The number of nitro groups is 1. The maximum Gasteiger partial charge on any atom is 0.273 e. The Morgan fingerprint density at radius 1 is 1.24 bits per heavy atom. The van der Waals surface area contributed by atoms with Crippen molar-refractivity contribution in [2.75, 3.05) is 19.5 Å². The fourth-order valence-corrected chi connectivity index (χ4v) is 1.78. The van der Waals surface area contributed by atoms with Crippen LogP contribution >= 0.6 is 0 Å². The Bertz CT molecular complexity index is 629. The zero-order chi connectivity index (χ0) is 15.2. The van der Waals surface area contributed by atoms with E-state index in [-0.39, 0.29) is 5.69 Å². The minimum absolute atomic E-state index is 0.000920. The van der Waals surface area contributed by atoms with E-state index >= 15 is 0 Å². The minimum atomic E-state index is -0.443. The summed E-state index contributed by atoms with van der Waals surface area (Å²) >= 11 is 0. The number of hydrogen-bond donors (Lipinski definition) is 1. The van der Waals surface area contributed by atoms with Crippen LogP contribution in [-0.2, 0) is 6.54 Å². The lowest BCUT2D eigenvalue weighted by Gasteiger charge is -2.08. The van der Waals surface area contributed by atoms with Gasteiger partial charge in [-0.25, -0.2) is 4.98 Å². The molecule has 0 aliphatic heterocycles. The van der Waals surface area contributed by atoms with Crippen molar-refractivity contribution in [3.8, 4) is 11.6 Å². The van der Waals surface area contributed by atoms with Gasteiger partial charge in [0.15, 0.2) is 0 Å². The largest absolute Gasteiger partial charge is 0.496 e. The molecule has 0 unspecified atom stereocenters. The number of ether oxygens (including phenoxy) is 2. The molecule has 0 aliphatic carbocycles. The molecule has 2 rings (SSSR count). The van der Waals surface area contributed by atoms with Gasteiger partial charge in [-0.05, 0) is 17.7 Å². The molecule has 1 N–H and O–H groups in total. The van der Waals surface area contributed by atoms with Gasteiger partial charge in [0, 0.05) is 18.7 Å². The Labute approximate surface area is 121 Å². The van der Waals surface area contributed by atoms with Crippen molar-refractivity contribution in [2.45, 2.75) is 6.54 Å². The molecule has 0 amide bonds. The van der Waals surface area contributed by atoms with E-state index in [2.05, 4.69) is 10.3 Å². The molecule has 0 spiro atoms. The number of hydrogen-bond acceptors (Lipinski definition) is 6. The molecule has 7 nitrogen and oxygen atoms in total. The van der Waals surface area contributed by atoms with E-state index in [0.29, 0.717) is 18.2 Å². The maximum atomic E-state index is 10.9. The van der Waals surface area contributed by atoms with Crippen LogP contribution in [0.3, 0.4) is 0 Å².